The van der Waals surface area contributed by atoms with Gasteiger partial charge in [0.05, 0.1) is 38.1 Å². The molecule has 0 aliphatic carbocycles. The molecule has 3 heterocycles. The Morgan fingerprint density at radius 1 is 0.574 bits per heavy atom. The molecule has 3 aliphatic rings. The molecule has 6 atom stereocenters. The SMILES string of the molecule is C[C@@H]1CCOC(C)(C(=O)Oc2ccc(/C=C/c3cc(OC(=O)C4(C)OCC[C@@H](C)O4)cc(OC(=O)C4(C)OCC[C@@H](C)O4)c3)cc2)O1. The maximum Gasteiger partial charge on any atom is 0.371 e. The maximum absolute atomic E-state index is 13.1. The van der Waals surface area contributed by atoms with Crippen molar-refractivity contribution in [2.75, 3.05) is 19.8 Å². The van der Waals surface area contributed by atoms with Crippen LogP contribution in [0.25, 0.3) is 12.2 Å². The summed E-state index contributed by atoms with van der Waals surface area (Å²) in [5.74, 6) is -6.26. The van der Waals surface area contributed by atoms with Gasteiger partial charge in [0.2, 0.25) is 0 Å². The Kier molecular flexibility index (Phi) is 10.5. The zero-order valence-corrected chi connectivity index (χ0v) is 27.6. The molecule has 5 rings (SSSR count). The number of benzene rings is 2. The molecule has 12 heteroatoms. The monoisotopic (exact) mass is 654 g/mol. The number of ether oxygens (including phenoxy) is 9. The zero-order chi connectivity index (χ0) is 33.8. The van der Waals surface area contributed by atoms with Crippen LogP contribution in [0.5, 0.6) is 17.2 Å². The van der Waals surface area contributed by atoms with Gasteiger partial charge in [-0.2, -0.15) is 0 Å². The van der Waals surface area contributed by atoms with E-state index in [1.54, 1.807) is 55.5 Å². The van der Waals surface area contributed by atoms with Gasteiger partial charge in [-0.25, -0.2) is 14.4 Å². The van der Waals surface area contributed by atoms with Crippen molar-refractivity contribution in [2.45, 2.75) is 96.5 Å². The Hall–Kier alpha value is -3.65. The minimum absolute atomic E-state index is 0.104. The quantitative estimate of drug-likeness (QED) is 0.210. The molecule has 0 N–H and O–H groups in total. The Bertz CT molecular complexity index is 1430. The molecule has 2 aromatic carbocycles. The third-order valence-corrected chi connectivity index (χ3v) is 7.98. The largest absolute Gasteiger partial charge is 0.423 e. The first kappa shape index (κ1) is 34.7. The van der Waals surface area contributed by atoms with Crippen molar-refractivity contribution in [3.05, 3.63) is 53.6 Å². The van der Waals surface area contributed by atoms with E-state index in [0.29, 0.717) is 50.4 Å². The lowest BCUT2D eigenvalue weighted by molar-refractivity contribution is -0.274. The molecular formula is C35H42O12. The van der Waals surface area contributed by atoms with Crippen molar-refractivity contribution in [3.63, 3.8) is 0 Å². The standard InChI is InChI=1S/C35H42O12/c1-22-13-16-39-33(4,45-22)30(36)42-27-11-9-25(10-12-27)7-8-26-19-28(43-31(37)34(5)40-17-14-23(2)46-34)21-29(20-26)44-32(38)35(6)41-18-15-24(3)47-35/h7-12,19-24H,13-18H2,1-6H3/b8-7+/t22-,23-,24-,33?,34?,35?/m1/s1. The van der Waals surface area contributed by atoms with Crippen LogP contribution < -0.4 is 14.2 Å². The fourth-order valence-electron chi connectivity index (χ4n) is 5.26. The highest BCUT2D eigenvalue weighted by Crippen LogP contribution is 2.31. The van der Waals surface area contributed by atoms with Crippen LogP contribution in [-0.4, -0.2) is 73.4 Å². The fraction of sp³-hybridized carbons (Fsp3) is 0.514. The van der Waals surface area contributed by atoms with E-state index in [4.69, 9.17) is 42.6 Å². The number of carbonyl (C=O) groups is 3. The van der Waals surface area contributed by atoms with Crippen molar-refractivity contribution >= 4 is 30.1 Å². The highest BCUT2D eigenvalue weighted by molar-refractivity contribution is 5.83. The summed E-state index contributed by atoms with van der Waals surface area (Å²) in [5, 5.41) is 0. The van der Waals surface area contributed by atoms with Crippen LogP contribution in [0.1, 0.15) is 71.9 Å². The molecule has 254 valence electrons. The van der Waals surface area contributed by atoms with E-state index in [2.05, 4.69) is 0 Å². The zero-order valence-electron chi connectivity index (χ0n) is 27.6. The summed E-state index contributed by atoms with van der Waals surface area (Å²) in [6.07, 6.45) is 5.02. The number of hydrogen-bond acceptors (Lipinski definition) is 12. The summed E-state index contributed by atoms with van der Waals surface area (Å²) in [6, 6.07) is 11.5. The third kappa shape index (κ3) is 8.64. The normalized spacial score (nSPS) is 31.2. The van der Waals surface area contributed by atoms with Crippen LogP contribution in [-0.2, 0) is 42.8 Å². The van der Waals surface area contributed by atoms with Crippen LogP contribution in [0, 0.1) is 0 Å². The minimum Gasteiger partial charge on any atom is -0.423 e. The predicted octanol–water partition coefficient (Wildman–Crippen LogP) is 5.20. The van der Waals surface area contributed by atoms with Gasteiger partial charge in [0, 0.05) is 26.8 Å². The number of esters is 3. The smallest absolute Gasteiger partial charge is 0.371 e. The third-order valence-electron chi connectivity index (χ3n) is 7.98. The van der Waals surface area contributed by atoms with Crippen molar-refractivity contribution in [1.82, 2.24) is 0 Å². The summed E-state index contributed by atoms with van der Waals surface area (Å²) in [7, 11) is 0. The molecule has 3 saturated heterocycles. The second-order valence-electron chi connectivity index (χ2n) is 12.3. The summed E-state index contributed by atoms with van der Waals surface area (Å²) in [5.41, 5.74) is 1.32. The molecule has 12 nitrogen and oxygen atoms in total. The van der Waals surface area contributed by atoms with E-state index in [-0.39, 0.29) is 29.8 Å². The predicted molar refractivity (Wildman–Crippen MR) is 167 cm³/mol. The lowest BCUT2D eigenvalue weighted by atomic mass is 10.1. The molecular weight excluding hydrogens is 612 g/mol. The second-order valence-corrected chi connectivity index (χ2v) is 12.3. The lowest BCUT2D eigenvalue weighted by Crippen LogP contribution is -2.50. The molecule has 3 aliphatic heterocycles. The molecule has 3 fully saturated rings. The number of rotatable bonds is 8. The van der Waals surface area contributed by atoms with Gasteiger partial charge < -0.3 is 42.6 Å². The Morgan fingerprint density at radius 3 is 1.32 bits per heavy atom. The maximum atomic E-state index is 13.1. The van der Waals surface area contributed by atoms with Gasteiger partial charge in [0.25, 0.3) is 17.4 Å². The highest BCUT2D eigenvalue weighted by Gasteiger charge is 2.44. The van der Waals surface area contributed by atoms with E-state index in [9.17, 15) is 14.4 Å². The number of carbonyl (C=O) groups excluding carboxylic acids is 3. The Balaban J connectivity index is 1.33. The van der Waals surface area contributed by atoms with Crippen LogP contribution in [0.15, 0.2) is 42.5 Å². The van der Waals surface area contributed by atoms with Crippen molar-refractivity contribution in [3.8, 4) is 17.2 Å². The molecule has 47 heavy (non-hydrogen) atoms. The van der Waals surface area contributed by atoms with Crippen LogP contribution >= 0.6 is 0 Å². The summed E-state index contributed by atoms with van der Waals surface area (Å²) >= 11 is 0. The number of hydrogen-bond donors (Lipinski definition) is 0. The first-order valence-electron chi connectivity index (χ1n) is 15.8. The van der Waals surface area contributed by atoms with Crippen molar-refractivity contribution in [2.24, 2.45) is 0 Å². The molecule has 0 saturated carbocycles. The molecule has 0 aromatic heterocycles. The molecule has 0 radical (unpaired) electrons. The lowest BCUT2D eigenvalue weighted by Gasteiger charge is -2.35. The van der Waals surface area contributed by atoms with Crippen LogP contribution in [0.3, 0.4) is 0 Å². The van der Waals surface area contributed by atoms with Gasteiger partial charge in [-0.1, -0.05) is 24.3 Å². The van der Waals surface area contributed by atoms with Gasteiger partial charge in [-0.3, -0.25) is 0 Å². The van der Waals surface area contributed by atoms with Crippen LogP contribution in [0.2, 0.25) is 0 Å². The molecule has 0 amide bonds. The van der Waals surface area contributed by atoms with Crippen molar-refractivity contribution in [1.29, 1.82) is 0 Å². The molecule has 2 aromatic rings. The first-order chi connectivity index (χ1) is 22.2. The summed E-state index contributed by atoms with van der Waals surface area (Å²) in [4.78, 5) is 39.0. The van der Waals surface area contributed by atoms with Gasteiger partial charge in [0.15, 0.2) is 0 Å². The fourth-order valence-corrected chi connectivity index (χ4v) is 5.26. The van der Waals surface area contributed by atoms with Gasteiger partial charge in [0.1, 0.15) is 17.2 Å². The van der Waals surface area contributed by atoms with Gasteiger partial charge in [-0.05, 0) is 75.4 Å². The van der Waals surface area contributed by atoms with Crippen molar-refractivity contribution < 1.29 is 57.0 Å². The summed E-state index contributed by atoms with van der Waals surface area (Å²) < 4.78 is 50.8. The Morgan fingerprint density at radius 2 is 0.936 bits per heavy atom. The molecule has 0 bridgehead atoms. The molecule has 0 spiro atoms. The van der Waals surface area contributed by atoms with Gasteiger partial charge >= 0.3 is 17.9 Å². The highest BCUT2D eigenvalue weighted by atomic mass is 16.8. The topological polar surface area (TPSA) is 134 Å². The first-order valence-corrected chi connectivity index (χ1v) is 15.8. The average molecular weight is 655 g/mol. The van der Waals surface area contributed by atoms with Crippen LogP contribution in [0.4, 0.5) is 0 Å². The summed E-state index contributed by atoms with van der Waals surface area (Å²) in [6.45, 7) is 11.2. The van der Waals surface area contributed by atoms with E-state index in [0.717, 1.165) is 5.56 Å². The van der Waals surface area contributed by atoms with E-state index in [1.807, 2.05) is 20.8 Å². The minimum atomic E-state index is -1.59. The Labute approximate surface area is 274 Å². The van der Waals surface area contributed by atoms with E-state index in [1.165, 1.54) is 19.9 Å². The second kappa shape index (κ2) is 14.2. The molecule has 3 unspecified atom stereocenters. The van der Waals surface area contributed by atoms with E-state index >= 15 is 0 Å². The van der Waals surface area contributed by atoms with Gasteiger partial charge in [-0.15, -0.1) is 0 Å². The average Bonchev–Trinajstić information content (AvgIpc) is 3.00. The van der Waals surface area contributed by atoms with E-state index < -0.39 is 35.3 Å².